The van der Waals surface area contributed by atoms with Crippen LogP contribution in [-0.4, -0.2) is 26.9 Å². The summed E-state index contributed by atoms with van der Waals surface area (Å²) in [5.74, 6) is -0.540. The molecule has 2 aromatic carbocycles. The molecule has 3 aromatic rings. The number of hydrogen-bond acceptors (Lipinski definition) is 3. The van der Waals surface area contributed by atoms with Crippen LogP contribution in [0, 0.1) is 0 Å². The van der Waals surface area contributed by atoms with Crippen LogP contribution in [0.5, 0.6) is 0 Å². The van der Waals surface area contributed by atoms with Crippen LogP contribution >= 0.6 is 34.8 Å². The number of aromatic nitrogens is 1. The third-order valence-corrected chi connectivity index (χ3v) is 4.65. The van der Waals surface area contributed by atoms with E-state index < -0.39 is 21.9 Å². The van der Waals surface area contributed by atoms with Crippen molar-refractivity contribution in [1.29, 1.82) is 0 Å². The number of benzene rings is 2. The van der Waals surface area contributed by atoms with E-state index in [1.807, 2.05) is 42.5 Å². The second kappa shape index (κ2) is 9.80. The van der Waals surface area contributed by atoms with Gasteiger partial charge in [-0.2, -0.15) is 0 Å². The second-order valence-corrected chi connectivity index (χ2v) is 8.58. The first-order valence-corrected chi connectivity index (χ1v) is 9.98. The fourth-order valence-electron chi connectivity index (χ4n) is 2.62. The Hall–Kier alpha value is -2.80. The molecule has 154 valence electrons. The maximum absolute atomic E-state index is 12.5. The van der Waals surface area contributed by atoms with Crippen LogP contribution in [-0.2, 0) is 4.79 Å². The highest BCUT2D eigenvalue weighted by atomic mass is 35.6. The molecule has 30 heavy (non-hydrogen) atoms. The molecule has 0 aliphatic heterocycles. The third-order valence-electron chi connectivity index (χ3n) is 4.00. The quantitative estimate of drug-likeness (QED) is 0.286. The van der Waals surface area contributed by atoms with Crippen molar-refractivity contribution in [2.24, 2.45) is 0 Å². The normalized spacial score (nSPS) is 12.5. The van der Waals surface area contributed by atoms with Gasteiger partial charge < -0.3 is 16.0 Å². The Labute approximate surface area is 188 Å². The number of para-hydroxylation sites is 1. The number of hydrogen-bond donors (Lipinski definition) is 3. The summed E-state index contributed by atoms with van der Waals surface area (Å²) >= 11 is 17.8. The molecule has 3 rings (SSSR count). The van der Waals surface area contributed by atoms with Gasteiger partial charge in [0.2, 0.25) is 9.70 Å². The standard InChI is InChI=1S/C21H17Cl3N4O2/c22-21(23,24)19(27-17(29)12-11-14-6-2-1-3-7-14)28-20(30)26-16-10-4-8-15-9-5-13-25-18(15)16/h1-13,19H,(H,27,29)(H2,26,28,30)/b12-11+. The van der Waals surface area contributed by atoms with Gasteiger partial charge in [0.25, 0.3) is 0 Å². The molecular formula is C21H17Cl3N4O2. The van der Waals surface area contributed by atoms with Crippen molar-refractivity contribution in [3.05, 3.63) is 78.5 Å². The van der Waals surface area contributed by atoms with Gasteiger partial charge in [0, 0.05) is 17.7 Å². The van der Waals surface area contributed by atoms with Crippen molar-refractivity contribution in [3.8, 4) is 0 Å². The first-order chi connectivity index (χ1) is 14.3. The summed E-state index contributed by atoms with van der Waals surface area (Å²) in [7, 11) is 0. The molecule has 0 aliphatic rings. The van der Waals surface area contributed by atoms with Crippen molar-refractivity contribution >= 4 is 69.4 Å². The van der Waals surface area contributed by atoms with Gasteiger partial charge in [-0.05, 0) is 23.8 Å². The minimum atomic E-state index is -1.98. The van der Waals surface area contributed by atoms with Gasteiger partial charge in [0.1, 0.15) is 0 Å². The number of pyridine rings is 1. The van der Waals surface area contributed by atoms with Crippen molar-refractivity contribution in [1.82, 2.24) is 15.6 Å². The van der Waals surface area contributed by atoms with Crippen LogP contribution in [0.25, 0.3) is 17.0 Å². The summed E-state index contributed by atoms with van der Waals surface area (Å²) in [5.41, 5.74) is 1.91. The zero-order valence-corrected chi connectivity index (χ0v) is 17.7. The number of carbonyl (C=O) groups excluding carboxylic acids is 2. The lowest BCUT2D eigenvalue weighted by molar-refractivity contribution is -0.117. The number of rotatable bonds is 5. The minimum Gasteiger partial charge on any atom is -0.329 e. The number of nitrogens with one attached hydrogen (secondary N) is 3. The van der Waals surface area contributed by atoms with Crippen LogP contribution in [0.15, 0.2) is 72.9 Å². The lowest BCUT2D eigenvalue weighted by Crippen LogP contribution is -2.55. The molecule has 0 bridgehead atoms. The average molecular weight is 464 g/mol. The number of fused-ring (bicyclic) bond motifs is 1. The highest BCUT2D eigenvalue weighted by Crippen LogP contribution is 2.29. The fraction of sp³-hybridized carbons (Fsp3) is 0.0952. The number of carbonyl (C=O) groups is 2. The number of halogens is 3. The molecule has 0 spiro atoms. The van der Waals surface area contributed by atoms with E-state index >= 15 is 0 Å². The zero-order chi connectivity index (χ0) is 21.6. The summed E-state index contributed by atoms with van der Waals surface area (Å²) < 4.78 is -1.98. The van der Waals surface area contributed by atoms with Crippen molar-refractivity contribution < 1.29 is 9.59 Å². The largest absolute Gasteiger partial charge is 0.329 e. The molecule has 1 atom stereocenters. The predicted octanol–water partition coefficient (Wildman–Crippen LogP) is 4.88. The average Bonchev–Trinajstić information content (AvgIpc) is 2.72. The van der Waals surface area contributed by atoms with Crippen molar-refractivity contribution in [2.45, 2.75) is 9.96 Å². The fourth-order valence-corrected chi connectivity index (χ4v) is 2.95. The third kappa shape index (κ3) is 6.10. The Morgan fingerprint density at radius 3 is 2.40 bits per heavy atom. The summed E-state index contributed by atoms with van der Waals surface area (Å²) in [5, 5.41) is 8.45. The number of urea groups is 1. The van der Waals surface area contributed by atoms with E-state index in [0.717, 1.165) is 10.9 Å². The van der Waals surface area contributed by atoms with Gasteiger partial charge in [-0.3, -0.25) is 9.78 Å². The zero-order valence-electron chi connectivity index (χ0n) is 15.5. The van der Waals surface area contributed by atoms with E-state index in [9.17, 15) is 9.59 Å². The monoisotopic (exact) mass is 462 g/mol. The first kappa shape index (κ1) is 21.9. The van der Waals surface area contributed by atoms with Crippen LogP contribution in [0.2, 0.25) is 0 Å². The Balaban J connectivity index is 1.68. The van der Waals surface area contributed by atoms with E-state index in [1.165, 1.54) is 6.08 Å². The Morgan fingerprint density at radius 1 is 0.933 bits per heavy atom. The molecule has 3 N–H and O–H groups in total. The summed E-state index contributed by atoms with van der Waals surface area (Å²) in [4.78, 5) is 29.0. The lowest BCUT2D eigenvalue weighted by atomic mass is 10.2. The van der Waals surface area contributed by atoms with Gasteiger partial charge in [0.05, 0.1) is 11.2 Å². The Bertz CT molecular complexity index is 1060. The molecule has 0 radical (unpaired) electrons. The minimum absolute atomic E-state index is 0.476. The molecule has 0 aliphatic carbocycles. The molecule has 3 amide bonds. The van der Waals surface area contributed by atoms with E-state index in [4.69, 9.17) is 34.8 Å². The van der Waals surface area contributed by atoms with Gasteiger partial charge in [-0.25, -0.2) is 4.79 Å². The van der Waals surface area contributed by atoms with Crippen molar-refractivity contribution in [3.63, 3.8) is 0 Å². The smallest absolute Gasteiger partial charge is 0.321 e. The molecule has 0 saturated heterocycles. The molecule has 9 heteroatoms. The van der Waals surface area contributed by atoms with Gasteiger partial charge in [-0.1, -0.05) is 83.3 Å². The molecular weight excluding hydrogens is 447 g/mol. The highest BCUT2D eigenvalue weighted by molar-refractivity contribution is 6.68. The van der Waals surface area contributed by atoms with E-state index in [2.05, 4.69) is 20.9 Å². The molecule has 0 fully saturated rings. The number of anilines is 1. The summed E-state index contributed by atoms with van der Waals surface area (Å²) in [6.07, 6.45) is 3.23. The number of alkyl halides is 3. The molecule has 1 aromatic heterocycles. The number of nitrogens with zero attached hydrogens (tertiary/aromatic N) is 1. The van der Waals surface area contributed by atoms with E-state index in [0.29, 0.717) is 11.2 Å². The van der Waals surface area contributed by atoms with Crippen LogP contribution in [0.3, 0.4) is 0 Å². The maximum Gasteiger partial charge on any atom is 0.321 e. The SMILES string of the molecule is O=C(/C=C/c1ccccc1)NC(NC(=O)Nc1cccc2cccnc12)C(Cl)(Cl)Cl. The van der Waals surface area contributed by atoms with E-state index in [-0.39, 0.29) is 0 Å². The van der Waals surface area contributed by atoms with Gasteiger partial charge >= 0.3 is 6.03 Å². The van der Waals surface area contributed by atoms with Gasteiger partial charge in [-0.15, -0.1) is 0 Å². The second-order valence-electron chi connectivity index (χ2n) is 6.21. The van der Waals surface area contributed by atoms with Crippen molar-refractivity contribution in [2.75, 3.05) is 5.32 Å². The van der Waals surface area contributed by atoms with Crippen LogP contribution < -0.4 is 16.0 Å². The topological polar surface area (TPSA) is 83.1 Å². The maximum atomic E-state index is 12.5. The first-order valence-electron chi connectivity index (χ1n) is 8.84. The predicted molar refractivity (Wildman–Crippen MR) is 122 cm³/mol. The molecule has 1 heterocycles. The Kier molecular flexibility index (Phi) is 7.15. The number of amides is 3. The molecule has 0 saturated carbocycles. The van der Waals surface area contributed by atoms with E-state index in [1.54, 1.807) is 30.5 Å². The van der Waals surface area contributed by atoms with Crippen LogP contribution in [0.4, 0.5) is 10.5 Å². The summed E-state index contributed by atoms with van der Waals surface area (Å²) in [6, 6.07) is 17.6. The molecule has 6 nitrogen and oxygen atoms in total. The van der Waals surface area contributed by atoms with Gasteiger partial charge in [0.15, 0.2) is 6.17 Å². The highest BCUT2D eigenvalue weighted by Gasteiger charge is 2.35. The van der Waals surface area contributed by atoms with Crippen LogP contribution in [0.1, 0.15) is 5.56 Å². The lowest BCUT2D eigenvalue weighted by Gasteiger charge is -2.26. The Morgan fingerprint density at radius 2 is 1.67 bits per heavy atom. The molecule has 1 unspecified atom stereocenters. The summed E-state index contributed by atoms with van der Waals surface area (Å²) in [6.45, 7) is 0.